The summed E-state index contributed by atoms with van der Waals surface area (Å²) in [5, 5.41) is 3.44. The smallest absolute Gasteiger partial charge is 0.255 e. The Labute approximate surface area is 162 Å². The number of benzene rings is 3. The van der Waals surface area contributed by atoms with Crippen molar-refractivity contribution in [3.8, 4) is 11.3 Å². The van der Waals surface area contributed by atoms with Crippen LogP contribution in [0.3, 0.4) is 0 Å². The van der Waals surface area contributed by atoms with Gasteiger partial charge in [0.2, 0.25) is 0 Å². The summed E-state index contributed by atoms with van der Waals surface area (Å²) in [6.07, 6.45) is 0. The van der Waals surface area contributed by atoms with Crippen LogP contribution in [-0.4, -0.2) is 5.91 Å². The summed E-state index contributed by atoms with van der Waals surface area (Å²) in [6.45, 7) is 3.93. The molecule has 4 nitrogen and oxygen atoms in total. The van der Waals surface area contributed by atoms with E-state index in [1.54, 1.807) is 30.3 Å². The highest BCUT2D eigenvalue weighted by molar-refractivity contribution is 6.04. The van der Waals surface area contributed by atoms with Crippen molar-refractivity contribution in [3.05, 3.63) is 99.7 Å². The van der Waals surface area contributed by atoms with Gasteiger partial charge in [-0.2, -0.15) is 0 Å². The lowest BCUT2D eigenvalue weighted by Gasteiger charge is -2.07. The number of rotatable bonds is 3. The van der Waals surface area contributed by atoms with Gasteiger partial charge in [-0.15, -0.1) is 0 Å². The molecule has 138 valence electrons. The third-order valence-corrected chi connectivity index (χ3v) is 4.62. The quantitative estimate of drug-likeness (QED) is 0.531. The Bertz CT molecular complexity index is 1220. The number of amides is 1. The maximum Gasteiger partial charge on any atom is 0.255 e. The second-order valence-corrected chi connectivity index (χ2v) is 6.87. The van der Waals surface area contributed by atoms with Crippen molar-refractivity contribution in [2.75, 3.05) is 5.32 Å². The highest BCUT2D eigenvalue weighted by Gasteiger charge is 2.10. The molecule has 0 aliphatic carbocycles. The minimum atomic E-state index is -0.189. The van der Waals surface area contributed by atoms with E-state index in [0.29, 0.717) is 22.3 Å². The zero-order chi connectivity index (χ0) is 19.7. The van der Waals surface area contributed by atoms with E-state index in [9.17, 15) is 9.59 Å². The van der Waals surface area contributed by atoms with E-state index in [-0.39, 0.29) is 11.3 Å². The van der Waals surface area contributed by atoms with Gasteiger partial charge in [0.25, 0.3) is 5.91 Å². The van der Waals surface area contributed by atoms with Crippen molar-refractivity contribution < 1.29 is 9.21 Å². The zero-order valence-electron chi connectivity index (χ0n) is 15.7. The van der Waals surface area contributed by atoms with Crippen molar-refractivity contribution >= 4 is 22.6 Å². The Balaban J connectivity index is 1.60. The molecule has 4 heteroatoms. The normalized spacial score (nSPS) is 10.8. The number of carbonyl (C=O) groups is 1. The summed E-state index contributed by atoms with van der Waals surface area (Å²) >= 11 is 0. The van der Waals surface area contributed by atoms with Crippen molar-refractivity contribution in [3.63, 3.8) is 0 Å². The van der Waals surface area contributed by atoms with E-state index in [0.717, 1.165) is 22.4 Å². The first-order valence-corrected chi connectivity index (χ1v) is 9.02. The number of carbonyl (C=O) groups excluding carboxylic acids is 1. The monoisotopic (exact) mass is 369 g/mol. The van der Waals surface area contributed by atoms with Gasteiger partial charge < -0.3 is 9.73 Å². The summed E-state index contributed by atoms with van der Waals surface area (Å²) in [6, 6.07) is 21.7. The van der Waals surface area contributed by atoms with Gasteiger partial charge in [-0.05, 0) is 50.2 Å². The predicted molar refractivity (Wildman–Crippen MR) is 112 cm³/mol. The first kappa shape index (κ1) is 17.7. The molecule has 0 aliphatic heterocycles. The van der Waals surface area contributed by atoms with Gasteiger partial charge in [0, 0.05) is 22.9 Å². The second-order valence-electron chi connectivity index (χ2n) is 6.87. The lowest BCUT2D eigenvalue weighted by Crippen LogP contribution is -2.11. The second kappa shape index (κ2) is 7.16. The van der Waals surface area contributed by atoms with Gasteiger partial charge in [0.15, 0.2) is 5.43 Å². The minimum Gasteiger partial charge on any atom is -0.456 e. The van der Waals surface area contributed by atoms with Crippen LogP contribution in [-0.2, 0) is 0 Å². The lowest BCUT2D eigenvalue weighted by atomic mass is 10.1. The molecule has 0 radical (unpaired) electrons. The van der Waals surface area contributed by atoms with Crippen LogP contribution < -0.4 is 10.7 Å². The van der Waals surface area contributed by atoms with Crippen LogP contribution in [0.5, 0.6) is 0 Å². The molecule has 0 bridgehead atoms. The van der Waals surface area contributed by atoms with Crippen molar-refractivity contribution in [2.45, 2.75) is 13.8 Å². The van der Waals surface area contributed by atoms with Gasteiger partial charge in [-0.25, -0.2) is 0 Å². The van der Waals surface area contributed by atoms with Gasteiger partial charge in [0.1, 0.15) is 11.3 Å². The van der Waals surface area contributed by atoms with Crippen LogP contribution in [0, 0.1) is 13.8 Å². The molecule has 0 aliphatic rings. The topological polar surface area (TPSA) is 59.3 Å². The van der Waals surface area contributed by atoms with Crippen molar-refractivity contribution in [2.24, 2.45) is 0 Å². The van der Waals surface area contributed by atoms with Gasteiger partial charge >= 0.3 is 0 Å². The Morgan fingerprint density at radius 3 is 2.21 bits per heavy atom. The summed E-state index contributed by atoms with van der Waals surface area (Å²) in [4.78, 5) is 24.8. The predicted octanol–water partition coefficient (Wildman–Crippen LogP) is 5.33. The van der Waals surface area contributed by atoms with Crippen molar-refractivity contribution in [1.29, 1.82) is 0 Å². The maximum atomic E-state index is 12.4. The van der Waals surface area contributed by atoms with Crippen LogP contribution >= 0.6 is 0 Å². The van der Waals surface area contributed by atoms with E-state index < -0.39 is 0 Å². The summed E-state index contributed by atoms with van der Waals surface area (Å²) in [5.74, 6) is 0.290. The molecule has 0 saturated carbocycles. The number of nitrogens with one attached hydrogen (secondary N) is 1. The molecule has 4 rings (SSSR count). The fraction of sp³-hybridized carbons (Fsp3) is 0.0833. The molecular formula is C24H19NO3. The Morgan fingerprint density at radius 2 is 1.50 bits per heavy atom. The molecule has 0 spiro atoms. The number of hydrogen-bond donors (Lipinski definition) is 1. The maximum absolute atomic E-state index is 12.4. The fourth-order valence-electron chi connectivity index (χ4n) is 3.04. The Kier molecular flexibility index (Phi) is 4.53. The largest absolute Gasteiger partial charge is 0.456 e. The first-order valence-electron chi connectivity index (χ1n) is 9.02. The molecule has 1 heterocycles. The molecule has 28 heavy (non-hydrogen) atoms. The van der Waals surface area contributed by atoms with Crippen molar-refractivity contribution in [1.82, 2.24) is 0 Å². The molecule has 3 aromatic carbocycles. The summed E-state index contributed by atoms with van der Waals surface area (Å²) in [5.41, 5.74) is 4.63. The zero-order valence-corrected chi connectivity index (χ0v) is 15.7. The van der Waals surface area contributed by atoms with E-state index >= 15 is 0 Å². The molecule has 0 unspecified atom stereocenters. The molecule has 1 N–H and O–H groups in total. The van der Waals surface area contributed by atoms with E-state index in [1.165, 1.54) is 6.07 Å². The fourth-order valence-corrected chi connectivity index (χ4v) is 3.04. The van der Waals surface area contributed by atoms with Crippen LogP contribution in [0.4, 0.5) is 5.69 Å². The molecule has 0 atom stereocenters. The lowest BCUT2D eigenvalue weighted by molar-refractivity contribution is 0.102. The van der Waals surface area contributed by atoms with E-state index in [1.807, 2.05) is 50.2 Å². The summed E-state index contributed by atoms with van der Waals surface area (Å²) < 4.78 is 5.89. The van der Waals surface area contributed by atoms with Crippen LogP contribution in [0.1, 0.15) is 21.5 Å². The Morgan fingerprint density at radius 1 is 0.821 bits per heavy atom. The molecule has 0 fully saturated rings. The highest BCUT2D eigenvalue weighted by atomic mass is 16.3. The van der Waals surface area contributed by atoms with Crippen LogP contribution in [0.2, 0.25) is 0 Å². The molecular weight excluding hydrogens is 350 g/mol. The van der Waals surface area contributed by atoms with E-state index in [2.05, 4.69) is 5.32 Å². The number of hydrogen-bond acceptors (Lipinski definition) is 3. The first-order chi connectivity index (χ1) is 13.5. The van der Waals surface area contributed by atoms with Gasteiger partial charge in [-0.1, -0.05) is 41.5 Å². The van der Waals surface area contributed by atoms with Gasteiger partial charge in [0.05, 0.1) is 5.39 Å². The number of anilines is 1. The number of fused-ring (bicyclic) bond motifs is 1. The molecule has 1 aromatic heterocycles. The third-order valence-electron chi connectivity index (χ3n) is 4.62. The Hall–Kier alpha value is -3.66. The van der Waals surface area contributed by atoms with Crippen LogP contribution in [0.15, 0.2) is 82.0 Å². The standard InChI is InChI=1S/C24H19NO3/c1-15-3-10-19(11-4-15)25-24(27)18-8-6-17(7-9-18)23-14-21(26)20-13-16(2)5-12-22(20)28-23/h3-14H,1-2H3,(H,25,27). The molecule has 1 amide bonds. The average molecular weight is 369 g/mol. The molecule has 4 aromatic rings. The SMILES string of the molecule is Cc1ccc(NC(=O)c2ccc(-c3cc(=O)c4cc(C)ccc4o3)cc2)cc1. The third kappa shape index (κ3) is 3.58. The minimum absolute atomic E-state index is 0.0823. The molecule has 0 saturated heterocycles. The average Bonchev–Trinajstić information content (AvgIpc) is 2.70. The number of aryl methyl sites for hydroxylation is 2. The van der Waals surface area contributed by atoms with Crippen LogP contribution in [0.25, 0.3) is 22.3 Å². The highest BCUT2D eigenvalue weighted by Crippen LogP contribution is 2.23. The van der Waals surface area contributed by atoms with Gasteiger partial charge in [-0.3, -0.25) is 9.59 Å². The summed E-state index contributed by atoms with van der Waals surface area (Å²) in [7, 11) is 0. The van der Waals surface area contributed by atoms with E-state index in [4.69, 9.17) is 4.42 Å².